The molecular weight excluding hydrogens is 426 g/mol. The molecule has 0 fully saturated rings. The Morgan fingerprint density at radius 2 is 1.78 bits per heavy atom. The zero-order chi connectivity index (χ0) is 22.6. The first kappa shape index (κ1) is 20.6. The average Bonchev–Trinajstić information content (AvgIpc) is 3.16. The fourth-order valence-corrected chi connectivity index (χ4v) is 4.58. The Hall–Kier alpha value is -3.32. The number of hydrogen-bond donors (Lipinski definition) is 0. The van der Waals surface area contributed by atoms with Gasteiger partial charge in [-0.25, -0.2) is 4.79 Å². The number of hydrogen-bond acceptors (Lipinski definition) is 4. The van der Waals surface area contributed by atoms with Crippen molar-refractivity contribution >= 4 is 34.4 Å². The maximum Gasteiger partial charge on any atom is 0.332 e. The van der Waals surface area contributed by atoms with Gasteiger partial charge in [0.05, 0.1) is 6.54 Å². The Morgan fingerprint density at radius 1 is 1.06 bits per heavy atom. The van der Waals surface area contributed by atoms with E-state index < -0.39 is 5.69 Å². The van der Waals surface area contributed by atoms with Gasteiger partial charge in [0.25, 0.3) is 5.56 Å². The Labute approximate surface area is 190 Å². The van der Waals surface area contributed by atoms with Crippen molar-refractivity contribution < 1.29 is 0 Å². The van der Waals surface area contributed by atoms with E-state index in [9.17, 15) is 9.59 Å². The second-order valence-corrected chi connectivity index (χ2v) is 8.98. The van der Waals surface area contributed by atoms with E-state index in [0.29, 0.717) is 34.6 Å². The lowest BCUT2D eigenvalue weighted by atomic mass is 10.1. The lowest BCUT2D eigenvalue weighted by Crippen LogP contribution is -2.40. The molecule has 1 aliphatic rings. The standard InChI is InChI=1S/C24H24ClN5O2/c1-15-8-10-18(11-9-15)28-12-16(2)13-29-20-21(26-23(28)29)27(3)24(32)30(22(20)31)14-17-6-4-5-7-19(17)25/h4-11,16H,12-14H2,1-3H3. The molecular formula is C24H24ClN5O2. The van der Waals surface area contributed by atoms with Gasteiger partial charge in [0.2, 0.25) is 5.95 Å². The molecule has 2 aromatic heterocycles. The predicted molar refractivity (Wildman–Crippen MR) is 127 cm³/mol. The molecule has 0 amide bonds. The average molecular weight is 450 g/mol. The highest BCUT2D eigenvalue weighted by atomic mass is 35.5. The highest BCUT2D eigenvalue weighted by Gasteiger charge is 2.29. The van der Waals surface area contributed by atoms with E-state index in [2.05, 4.69) is 43.0 Å². The smallest absolute Gasteiger partial charge is 0.312 e. The molecule has 0 radical (unpaired) electrons. The number of halogens is 1. The first-order chi connectivity index (χ1) is 15.3. The maximum absolute atomic E-state index is 13.6. The van der Waals surface area contributed by atoms with E-state index in [0.717, 1.165) is 17.8 Å². The molecule has 1 atom stereocenters. The van der Waals surface area contributed by atoms with Gasteiger partial charge < -0.3 is 9.47 Å². The van der Waals surface area contributed by atoms with Crippen LogP contribution in [-0.2, 0) is 20.1 Å². The van der Waals surface area contributed by atoms with Crippen molar-refractivity contribution in [1.29, 1.82) is 0 Å². The van der Waals surface area contributed by atoms with Crippen molar-refractivity contribution in [2.75, 3.05) is 11.4 Å². The monoisotopic (exact) mass is 449 g/mol. The van der Waals surface area contributed by atoms with E-state index in [1.165, 1.54) is 14.7 Å². The predicted octanol–water partition coefficient (Wildman–Crippen LogP) is 3.69. The molecule has 1 unspecified atom stereocenters. The zero-order valence-corrected chi connectivity index (χ0v) is 19.0. The minimum atomic E-state index is -0.409. The number of fused-ring (bicyclic) bond motifs is 3. The molecule has 5 rings (SSSR count). The summed E-state index contributed by atoms with van der Waals surface area (Å²) in [6.45, 7) is 5.76. The Kier molecular flexibility index (Phi) is 4.93. The van der Waals surface area contributed by atoms with Crippen molar-refractivity contribution in [2.45, 2.75) is 26.9 Å². The first-order valence-corrected chi connectivity index (χ1v) is 11.0. The fraction of sp³-hybridized carbons (Fsp3) is 0.292. The van der Waals surface area contributed by atoms with Gasteiger partial charge in [-0.2, -0.15) is 4.98 Å². The molecule has 0 aliphatic carbocycles. The normalized spacial score (nSPS) is 15.9. The van der Waals surface area contributed by atoms with E-state index in [1.807, 2.05) is 22.8 Å². The first-order valence-electron chi connectivity index (χ1n) is 10.6. The zero-order valence-electron chi connectivity index (χ0n) is 18.2. The van der Waals surface area contributed by atoms with Crippen LogP contribution in [0.25, 0.3) is 11.2 Å². The second kappa shape index (κ2) is 7.67. The summed E-state index contributed by atoms with van der Waals surface area (Å²) in [6.07, 6.45) is 0. The topological polar surface area (TPSA) is 65.1 Å². The molecule has 0 N–H and O–H groups in total. The number of nitrogens with zero attached hydrogens (tertiary/aromatic N) is 5. The minimum absolute atomic E-state index is 0.110. The molecule has 3 heterocycles. The number of benzene rings is 2. The fourth-order valence-electron chi connectivity index (χ4n) is 4.38. The summed E-state index contributed by atoms with van der Waals surface area (Å²) in [5.41, 5.74) is 3.00. The van der Waals surface area contributed by atoms with E-state index >= 15 is 0 Å². The van der Waals surface area contributed by atoms with Crippen LogP contribution in [0.4, 0.5) is 11.6 Å². The van der Waals surface area contributed by atoms with Crippen LogP contribution in [-0.4, -0.2) is 25.2 Å². The van der Waals surface area contributed by atoms with E-state index in [1.54, 1.807) is 13.1 Å². The third-order valence-corrected chi connectivity index (χ3v) is 6.44. The lowest BCUT2D eigenvalue weighted by Gasteiger charge is -2.33. The van der Waals surface area contributed by atoms with Gasteiger partial charge in [-0.3, -0.25) is 13.9 Å². The van der Waals surface area contributed by atoms with Crippen molar-refractivity contribution in [3.05, 3.63) is 85.5 Å². The van der Waals surface area contributed by atoms with Crippen molar-refractivity contribution in [3.63, 3.8) is 0 Å². The van der Waals surface area contributed by atoms with Crippen LogP contribution >= 0.6 is 11.6 Å². The van der Waals surface area contributed by atoms with Crippen LogP contribution in [0.1, 0.15) is 18.1 Å². The Morgan fingerprint density at radius 3 is 2.50 bits per heavy atom. The molecule has 0 saturated carbocycles. The van der Waals surface area contributed by atoms with Crippen molar-refractivity contribution in [1.82, 2.24) is 18.7 Å². The molecule has 1 aliphatic heterocycles. The Balaban J connectivity index is 1.73. The number of aryl methyl sites for hydroxylation is 2. The third-order valence-electron chi connectivity index (χ3n) is 6.07. The van der Waals surface area contributed by atoms with Gasteiger partial charge in [0.15, 0.2) is 11.2 Å². The molecule has 4 aromatic rings. The summed E-state index contributed by atoms with van der Waals surface area (Å²) in [6, 6.07) is 15.5. The summed E-state index contributed by atoms with van der Waals surface area (Å²) < 4.78 is 4.65. The lowest BCUT2D eigenvalue weighted by molar-refractivity contribution is 0.458. The van der Waals surface area contributed by atoms with Crippen LogP contribution in [0.5, 0.6) is 0 Å². The highest BCUT2D eigenvalue weighted by molar-refractivity contribution is 6.31. The van der Waals surface area contributed by atoms with E-state index in [-0.39, 0.29) is 12.1 Å². The molecule has 2 aromatic carbocycles. The minimum Gasteiger partial charge on any atom is -0.312 e. The summed E-state index contributed by atoms with van der Waals surface area (Å²) in [5.74, 6) is 0.986. The van der Waals surface area contributed by atoms with Gasteiger partial charge in [0, 0.05) is 30.8 Å². The van der Waals surface area contributed by atoms with Gasteiger partial charge in [0.1, 0.15) is 0 Å². The van der Waals surface area contributed by atoms with Gasteiger partial charge >= 0.3 is 5.69 Å². The van der Waals surface area contributed by atoms with E-state index in [4.69, 9.17) is 16.6 Å². The highest BCUT2D eigenvalue weighted by Crippen LogP contribution is 2.32. The summed E-state index contributed by atoms with van der Waals surface area (Å²) in [5, 5.41) is 0.524. The molecule has 0 spiro atoms. The summed E-state index contributed by atoms with van der Waals surface area (Å²) in [7, 11) is 1.66. The van der Waals surface area contributed by atoms with Crippen LogP contribution < -0.4 is 16.1 Å². The number of rotatable bonds is 3. The van der Waals surface area contributed by atoms with Gasteiger partial charge in [-0.05, 0) is 36.6 Å². The number of imidazole rings is 1. The molecule has 7 nitrogen and oxygen atoms in total. The third kappa shape index (κ3) is 3.24. The van der Waals surface area contributed by atoms with Gasteiger partial charge in [-0.15, -0.1) is 0 Å². The summed E-state index contributed by atoms with van der Waals surface area (Å²) >= 11 is 6.30. The number of aromatic nitrogens is 4. The van der Waals surface area contributed by atoms with Crippen LogP contribution in [0, 0.1) is 12.8 Å². The molecule has 0 bridgehead atoms. The largest absolute Gasteiger partial charge is 0.332 e. The Bertz CT molecular complexity index is 1450. The SMILES string of the molecule is Cc1ccc(N2CC(C)Cn3c2nc2c3c(=O)n(Cc3ccccc3Cl)c(=O)n2C)cc1. The van der Waals surface area contributed by atoms with Crippen LogP contribution in [0.2, 0.25) is 5.02 Å². The molecule has 0 saturated heterocycles. The maximum atomic E-state index is 13.6. The molecule has 164 valence electrons. The second-order valence-electron chi connectivity index (χ2n) is 8.57. The van der Waals surface area contributed by atoms with Crippen molar-refractivity contribution in [2.24, 2.45) is 13.0 Å². The van der Waals surface area contributed by atoms with Crippen LogP contribution in [0.15, 0.2) is 58.1 Å². The molecule has 32 heavy (non-hydrogen) atoms. The van der Waals surface area contributed by atoms with Crippen LogP contribution in [0.3, 0.4) is 0 Å². The van der Waals surface area contributed by atoms with Gasteiger partial charge in [-0.1, -0.05) is 54.4 Å². The molecule has 8 heteroatoms. The number of anilines is 2. The summed E-state index contributed by atoms with van der Waals surface area (Å²) in [4.78, 5) is 33.6. The quantitative estimate of drug-likeness (QED) is 0.478. The van der Waals surface area contributed by atoms with Crippen molar-refractivity contribution in [3.8, 4) is 0 Å².